The molecular weight excluding hydrogens is 244 g/mol. The number of rotatable bonds is 4. The van der Waals surface area contributed by atoms with Gasteiger partial charge in [-0.25, -0.2) is 0 Å². The minimum Gasteiger partial charge on any atom is -0.496 e. The lowest BCUT2D eigenvalue weighted by atomic mass is 10.2. The van der Waals surface area contributed by atoms with E-state index in [0.29, 0.717) is 5.56 Å². The summed E-state index contributed by atoms with van der Waals surface area (Å²) in [4.78, 5) is 4.94. The van der Waals surface area contributed by atoms with Crippen molar-refractivity contribution in [3.63, 3.8) is 0 Å². The second-order valence-corrected chi connectivity index (χ2v) is 4.60. The van der Waals surface area contributed by atoms with Crippen LogP contribution in [0.15, 0.2) is 47.6 Å². The molecule has 1 aromatic carbocycles. The Labute approximate surface area is 110 Å². The summed E-state index contributed by atoms with van der Waals surface area (Å²) in [5.41, 5.74) is 1.77. The minimum absolute atomic E-state index is 0.657. The highest BCUT2D eigenvalue weighted by Crippen LogP contribution is 2.29. The highest BCUT2D eigenvalue weighted by molar-refractivity contribution is 7.98. The number of hydrogen-bond acceptors (Lipinski definition) is 4. The molecule has 1 heterocycles. The van der Waals surface area contributed by atoms with Crippen molar-refractivity contribution < 1.29 is 4.74 Å². The summed E-state index contributed by atoms with van der Waals surface area (Å²) in [6, 6.07) is 11.8. The van der Waals surface area contributed by atoms with Crippen LogP contribution >= 0.6 is 11.8 Å². The van der Waals surface area contributed by atoms with Crippen LogP contribution < -0.4 is 4.74 Å². The van der Waals surface area contributed by atoms with Gasteiger partial charge in [0.15, 0.2) is 0 Å². The monoisotopic (exact) mass is 256 g/mol. The summed E-state index contributed by atoms with van der Waals surface area (Å²) in [6.45, 7) is 0. The number of hydrogen-bond donors (Lipinski definition) is 0. The van der Waals surface area contributed by atoms with E-state index in [1.54, 1.807) is 37.3 Å². The Morgan fingerprint density at radius 1 is 1.33 bits per heavy atom. The Morgan fingerprint density at radius 3 is 2.94 bits per heavy atom. The molecule has 1 aromatic heterocycles. The van der Waals surface area contributed by atoms with Crippen LogP contribution in [0.3, 0.4) is 0 Å². The number of methoxy groups -OCH3 is 1. The molecule has 0 saturated carbocycles. The number of thioether (sulfide) groups is 1. The van der Waals surface area contributed by atoms with Crippen LogP contribution in [0.2, 0.25) is 0 Å². The zero-order chi connectivity index (χ0) is 12.8. The van der Waals surface area contributed by atoms with Gasteiger partial charge in [0.2, 0.25) is 0 Å². The third-order valence-electron chi connectivity index (χ3n) is 2.48. The van der Waals surface area contributed by atoms with Crippen LogP contribution in [0.4, 0.5) is 0 Å². The minimum atomic E-state index is 0.657. The van der Waals surface area contributed by atoms with Crippen LogP contribution in [-0.2, 0) is 5.75 Å². The first-order chi connectivity index (χ1) is 8.85. The van der Waals surface area contributed by atoms with E-state index >= 15 is 0 Å². The van der Waals surface area contributed by atoms with Gasteiger partial charge in [-0.1, -0.05) is 18.2 Å². The zero-order valence-electron chi connectivity index (χ0n) is 9.96. The topological polar surface area (TPSA) is 45.9 Å². The van der Waals surface area contributed by atoms with Crippen molar-refractivity contribution in [1.82, 2.24) is 4.98 Å². The van der Waals surface area contributed by atoms with Crippen molar-refractivity contribution in [1.29, 1.82) is 5.26 Å². The summed E-state index contributed by atoms with van der Waals surface area (Å²) in [7, 11) is 1.66. The number of para-hydroxylation sites is 1. The molecule has 0 aliphatic rings. The van der Waals surface area contributed by atoms with Crippen LogP contribution in [0.5, 0.6) is 5.75 Å². The maximum absolute atomic E-state index is 9.00. The molecule has 0 fully saturated rings. The molecule has 18 heavy (non-hydrogen) atoms. The van der Waals surface area contributed by atoms with Crippen LogP contribution in [-0.4, -0.2) is 12.1 Å². The predicted octanol–water partition coefficient (Wildman–Crippen LogP) is 3.25. The van der Waals surface area contributed by atoms with Crippen LogP contribution in [0, 0.1) is 11.3 Å². The maximum atomic E-state index is 9.00. The molecule has 2 rings (SSSR count). The molecule has 0 aliphatic heterocycles. The van der Waals surface area contributed by atoms with Gasteiger partial charge < -0.3 is 4.74 Å². The summed E-state index contributed by atoms with van der Waals surface area (Å²) in [5.74, 6) is 1.62. The molecule has 2 aromatic rings. The fraction of sp³-hybridized carbons (Fsp3) is 0.143. The van der Waals surface area contributed by atoms with Crippen molar-refractivity contribution in [2.45, 2.75) is 10.6 Å². The van der Waals surface area contributed by atoms with E-state index in [4.69, 9.17) is 10.00 Å². The SMILES string of the molecule is COc1ccccc1CSc1cnccc1C#N. The largest absolute Gasteiger partial charge is 0.496 e. The number of nitriles is 1. The van der Waals surface area contributed by atoms with Gasteiger partial charge in [-0.15, -0.1) is 11.8 Å². The summed E-state index contributed by atoms with van der Waals surface area (Å²) >= 11 is 1.59. The summed E-state index contributed by atoms with van der Waals surface area (Å²) < 4.78 is 5.30. The van der Waals surface area contributed by atoms with Crippen molar-refractivity contribution in [2.24, 2.45) is 0 Å². The van der Waals surface area contributed by atoms with E-state index < -0.39 is 0 Å². The first kappa shape index (κ1) is 12.5. The third kappa shape index (κ3) is 2.82. The standard InChI is InChI=1S/C14H12N2OS/c1-17-13-5-3-2-4-12(13)10-18-14-9-16-7-6-11(14)8-15/h2-7,9H,10H2,1H3. The molecule has 0 radical (unpaired) electrons. The van der Waals surface area contributed by atoms with Gasteiger partial charge in [-0.3, -0.25) is 4.98 Å². The van der Waals surface area contributed by atoms with Gasteiger partial charge >= 0.3 is 0 Å². The summed E-state index contributed by atoms with van der Waals surface area (Å²) in [5, 5.41) is 9.00. The van der Waals surface area contributed by atoms with E-state index in [0.717, 1.165) is 22.0 Å². The summed E-state index contributed by atoms with van der Waals surface area (Å²) in [6.07, 6.45) is 3.35. The van der Waals surface area contributed by atoms with E-state index in [1.165, 1.54) is 0 Å². The lowest BCUT2D eigenvalue weighted by molar-refractivity contribution is 0.411. The van der Waals surface area contributed by atoms with Gasteiger partial charge in [-0.2, -0.15) is 5.26 Å². The Hall–Kier alpha value is -1.99. The van der Waals surface area contributed by atoms with Crippen molar-refractivity contribution in [3.05, 3.63) is 53.9 Å². The Balaban J connectivity index is 2.14. The second-order valence-electron chi connectivity index (χ2n) is 3.58. The van der Waals surface area contributed by atoms with E-state index in [9.17, 15) is 0 Å². The number of nitrogens with zero attached hydrogens (tertiary/aromatic N) is 2. The number of ether oxygens (including phenoxy) is 1. The second kappa shape index (κ2) is 6.08. The van der Waals surface area contributed by atoms with E-state index in [1.807, 2.05) is 24.3 Å². The molecule has 0 unspecified atom stereocenters. The molecule has 0 bridgehead atoms. The fourth-order valence-electron chi connectivity index (χ4n) is 1.57. The Bertz CT molecular complexity index is 578. The van der Waals surface area contributed by atoms with E-state index in [-0.39, 0.29) is 0 Å². The number of pyridine rings is 1. The third-order valence-corrected chi connectivity index (χ3v) is 3.57. The van der Waals surface area contributed by atoms with Gasteiger partial charge in [0.1, 0.15) is 11.8 Å². The normalized spacial score (nSPS) is 9.78. The first-order valence-corrected chi connectivity index (χ1v) is 6.42. The van der Waals surface area contributed by atoms with Crippen molar-refractivity contribution in [2.75, 3.05) is 7.11 Å². The van der Waals surface area contributed by atoms with Crippen molar-refractivity contribution >= 4 is 11.8 Å². The molecular formula is C14H12N2OS. The average Bonchev–Trinajstić information content (AvgIpc) is 2.45. The lowest BCUT2D eigenvalue weighted by Gasteiger charge is -2.08. The maximum Gasteiger partial charge on any atom is 0.122 e. The van der Waals surface area contributed by atoms with Gasteiger partial charge in [0.05, 0.1) is 12.7 Å². The Kier molecular flexibility index (Phi) is 4.21. The zero-order valence-corrected chi connectivity index (χ0v) is 10.8. The molecule has 4 heteroatoms. The molecule has 0 N–H and O–H groups in total. The molecule has 0 saturated heterocycles. The van der Waals surface area contributed by atoms with Gasteiger partial charge in [-0.05, 0) is 12.1 Å². The fourth-order valence-corrected chi connectivity index (χ4v) is 2.52. The Morgan fingerprint density at radius 2 is 2.17 bits per heavy atom. The van der Waals surface area contributed by atoms with Gasteiger partial charge in [0, 0.05) is 28.6 Å². The molecule has 3 nitrogen and oxygen atoms in total. The number of aromatic nitrogens is 1. The smallest absolute Gasteiger partial charge is 0.122 e. The highest BCUT2D eigenvalue weighted by Gasteiger charge is 2.05. The highest BCUT2D eigenvalue weighted by atomic mass is 32.2. The molecule has 0 aliphatic carbocycles. The quantitative estimate of drug-likeness (QED) is 0.788. The van der Waals surface area contributed by atoms with Crippen molar-refractivity contribution in [3.8, 4) is 11.8 Å². The van der Waals surface area contributed by atoms with Crippen LogP contribution in [0.1, 0.15) is 11.1 Å². The van der Waals surface area contributed by atoms with E-state index in [2.05, 4.69) is 11.1 Å². The molecule has 90 valence electrons. The lowest BCUT2D eigenvalue weighted by Crippen LogP contribution is -1.90. The molecule has 0 atom stereocenters. The average molecular weight is 256 g/mol. The number of benzene rings is 1. The van der Waals surface area contributed by atoms with Crippen LogP contribution in [0.25, 0.3) is 0 Å². The predicted molar refractivity (Wildman–Crippen MR) is 71.5 cm³/mol. The molecule has 0 amide bonds. The first-order valence-electron chi connectivity index (χ1n) is 5.44. The van der Waals surface area contributed by atoms with Gasteiger partial charge in [0.25, 0.3) is 0 Å². The molecule has 0 spiro atoms.